The number of ether oxygens (including phenoxy) is 1. The number of nitrogens with zero attached hydrogens (tertiary/aromatic N) is 2. The molecule has 1 aliphatic heterocycles. The van der Waals surface area contributed by atoms with Crippen LogP contribution >= 0.6 is 0 Å². The minimum atomic E-state index is -0.349. The summed E-state index contributed by atoms with van der Waals surface area (Å²) in [7, 11) is 3.48. The summed E-state index contributed by atoms with van der Waals surface area (Å²) in [5, 5.41) is 0. The molecule has 1 aromatic rings. The average molecular weight is 266 g/mol. The molecule has 19 heavy (non-hydrogen) atoms. The molecule has 1 amide bonds. The second-order valence-corrected chi connectivity index (χ2v) is 5.03. The Morgan fingerprint density at radius 2 is 2.05 bits per heavy atom. The van der Waals surface area contributed by atoms with Crippen LogP contribution in [0.4, 0.5) is 4.39 Å². The first kappa shape index (κ1) is 13.8. The highest BCUT2D eigenvalue weighted by atomic mass is 19.1. The van der Waals surface area contributed by atoms with Crippen LogP contribution in [0, 0.1) is 5.82 Å². The van der Waals surface area contributed by atoms with E-state index in [1.54, 1.807) is 37.2 Å². The van der Waals surface area contributed by atoms with Gasteiger partial charge in [0, 0.05) is 27.2 Å². The molecule has 0 spiro atoms. The van der Waals surface area contributed by atoms with Crippen LogP contribution in [0.1, 0.15) is 6.92 Å². The van der Waals surface area contributed by atoms with Gasteiger partial charge >= 0.3 is 0 Å². The van der Waals surface area contributed by atoms with E-state index in [-0.39, 0.29) is 29.6 Å². The molecular formula is C14H19FN2O2. The summed E-state index contributed by atoms with van der Waals surface area (Å²) in [5.41, 5.74) is 0. The van der Waals surface area contributed by atoms with Gasteiger partial charge in [0.2, 0.25) is 5.91 Å². The number of carbonyl (C=O) groups excluding carboxylic acids is 1. The van der Waals surface area contributed by atoms with Crippen molar-refractivity contribution in [3.63, 3.8) is 0 Å². The largest absolute Gasteiger partial charge is 0.485 e. The number of para-hydroxylation sites is 1. The van der Waals surface area contributed by atoms with Crippen LogP contribution in [0.2, 0.25) is 0 Å². The highest BCUT2D eigenvalue weighted by molar-refractivity contribution is 5.81. The van der Waals surface area contributed by atoms with Gasteiger partial charge in [-0.05, 0) is 19.1 Å². The maximum Gasteiger partial charge on any atom is 0.239 e. The molecule has 1 heterocycles. The number of rotatable bonds is 4. The minimum absolute atomic E-state index is 0.0469. The lowest BCUT2D eigenvalue weighted by molar-refractivity contribution is -0.137. The molecule has 0 saturated carbocycles. The van der Waals surface area contributed by atoms with Gasteiger partial charge in [0.15, 0.2) is 11.6 Å². The topological polar surface area (TPSA) is 32.8 Å². The second-order valence-electron chi connectivity index (χ2n) is 5.03. The van der Waals surface area contributed by atoms with Gasteiger partial charge in [0.05, 0.1) is 6.04 Å². The predicted octanol–water partition coefficient (Wildman–Crippen LogP) is 1.37. The third kappa shape index (κ3) is 3.04. The van der Waals surface area contributed by atoms with Crippen molar-refractivity contribution in [3.05, 3.63) is 30.1 Å². The van der Waals surface area contributed by atoms with Gasteiger partial charge in [-0.15, -0.1) is 0 Å². The minimum Gasteiger partial charge on any atom is -0.485 e. The van der Waals surface area contributed by atoms with E-state index < -0.39 is 0 Å². The molecule has 0 radical (unpaired) electrons. The number of halogens is 1. The number of likely N-dealkylation sites (N-methyl/N-ethyl adjacent to an activating group) is 1. The lowest BCUT2D eigenvalue weighted by Crippen LogP contribution is -2.60. The fourth-order valence-electron chi connectivity index (χ4n) is 2.11. The van der Waals surface area contributed by atoms with Gasteiger partial charge < -0.3 is 9.64 Å². The van der Waals surface area contributed by atoms with E-state index in [9.17, 15) is 9.18 Å². The Balaban J connectivity index is 1.84. The Hall–Kier alpha value is -1.62. The van der Waals surface area contributed by atoms with E-state index in [0.717, 1.165) is 0 Å². The summed E-state index contributed by atoms with van der Waals surface area (Å²) in [5.74, 6) is 0.00134. The Morgan fingerprint density at radius 3 is 2.63 bits per heavy atom. The maximum atomic E-state index is 13.4. The van der Waals surface area contributed by atoms with Crippen molar-refractivity contribution in [2.24, 2.45) is 0 Å². The monoisotopic (exact) mass is 266 g/mol. The van der Waals surface area contributed by atoms with Crippen LogP contribution in [-0.2, 0) is 4.79 Å². The summed E-state index contributed by atoms with van der Waals surface area (Å²) in [6.45, 7) is 3.17. The summed E-state index contributed by atoms with van der Waals surface area (Å²) in [6, 6.07) is 6.21. The zero-order valence-corrected chi connectivity index (χ0v) is 11.5. The van der Waals surface area contributed by atoms with Gasteiger partial charge in [-0.3, -0.25) is 9.69 Å². The standard InChI is InChI=1S/C14H19FN2O2/c1-10(14(18)16(2)3)17-8-11(9-17)19-13-7-5-4-6-12(13)15/h4-7,10-11H,8-9H2,1-3H3. The normalized spacial score (nSPS) is 17.7. The summed E-state index contributed by atoms with van der Waals surface area (Å²) < 4.78 is 19.0. The van der Waals surface area contributed by atoms with Crippen LogP contribution in [0.25, 0.3) is 0 Å². The van der Waals surface area contributed by atoms with Crippen molar-refractivity contribution in [2.45, 2.75) is 19.1 Å². The molecule has 1 aliphatic rings. The second kappa shape index (κ2) is 5.57. The van der Waals surface area contributed by atoms with Crippen molar-refractivity contribution < 1.29 is 13.9 Å². The van der Waals surface area contributed by atoms with Crippen LogP contribution < -0.4 is 4.74 Å². The SMILES string of the molecule is CC(C(=O)N(C)C)N1CC(Oc2ccccc2F)C1. The van der Waals surface area contributed by atoms with Gasteiger partial charge in [0.25, 0.3) is 0 Å². The molecule has 5 heteroatoms. The van der Waals surface area contributed by atoms with Crippen LogP contribution in [0.15, 0.2) is 24.3 Å². The van der Waals surface area contributed by atoms with Gasteiger partial charge in [-0.1, -0.05) is 12.1 Å². The molecular weight excluding hydrogens is 247 g/mol. The molecule has 104 valence electrons. The maximum absolute atomic E-state index is 13.4. The molecule has 1 saturated heterocycles. The van der Waals surface area contributed by atoms with Crippen molar-refractivity contribution in [1.29, 1.82) is 0 Å². The third-order valence-corrected chi connectivity index (χ3v) is 3.35. The Labute approximate surface area is 112 Å². The van der Waals surface area contributed by atoms with E-state index in [0.29, 0.717) is 13.1 Å². The predicted molar refractivity (Wildman–Crippen MR) is 70.5 cm³/mol. The van der Waals surface area contributed by atoms with Crippen LogP contribution in [0.3, 0.4) is 0 Å². The number of hydrogen-bond acceptors (Lipinski definition) is 3. The number of carbonyl (C=O) groups is 1. The lowest BCUT2D eigenvalue weighted by Gasteiger charge is -2.42. The molecule has 1 atom stereocenters. The number of hydrogen-bond donors (Lipinski definition) is 0. The van der Waals surface area contributed by atoms with Crippen molar-refractivity contribution in [1.82, 2.24) is 9.80 Å². The van der Waals surface area contributed by atoms with E-state index >= 15 is 0 Å². The molecule has 1 fully saturated rings. The highest BCUT2D eigenvalue weighted by Crippen LogP contribution is 2.22. The molecule has 0 bridgehead atoms. The molecule has 2 rings (SSSR count). The van der Waals surface area contributed by atoms with Gasteiger partial charge in [0.1, 0.15) is 6.10 Å². The van der Waals surface area contributed by atoms with E-state index in [1.165, 1.54) is 6.07 Å². The van der Waals surface area contributed by atoms with Crippen molar-refractivity contribution in [3.8, 4) is 5.75 Å². The highest BCUT2D eigenvalue weighted by Gasteiger charge is 2.35. The van der Waals surface area contributed by atoms with E-state index in [1.807, 2.05) is 11.8 Å². The average Bonchev–Trinajstić information content (AvgIpc) is 2.33. The fraction of sp³-hybridized carbons (Fsp3) is 0.500. The van der Waals surface area contributed by atoms with Crippen LogP contribution in [0.5, 0.6) is 5.75 Å². The summed E-state index contributed by atoms with van der Waals surface area (Å²) >= 11 is 0. The molecule has 1 aromatic carbocycles. The Bertz CT molecular complexity index is 459. The quantitative estimate of drug-likeness (QED) is 0.825. The summed E-state index contributed by atoms with van der Waals surface area (Å²) in [6.07, 6.45) is -0.0469. The number of likely N-dealkylation sites (tertiary alicyclic amines) is 1. The van der Waals surface area contributed by atoms with Crippen molar-refractivity contribution >= 4 is 5.91 Å². The van der Waals surface area contributed by atoms with E-state index in [2.05, 4.69) is 0 Å². The van der Waals surface area contributed by atoms with Gasteiger partial charge in [-0.2, -0.15) is 0 Å². The first-order chi connectivity index (χ1) is 8.99. The molecule has 0 N–H and O–H groups in total. The van der Waals surface area contributed by atoms with Crippen LogP contribution in [-0.4, -0.2) is 55.0 Å². The number of amides is 1. The number of benzene rings is 1. The van der Waals surface area contributed by atoms with Crippen molar-refractivity contribution in [2.75, 3.05) is 27.2 Å². The summed E-state index contributed by atoms with van der Waals surface area (Å²) in [4.78, 5) is 15.4. The Morgan fingerprint density at radius 1 is 1.42 bits per heavy atom. The Kier molecular flexibility index (Phi) is 4.04. The fourth-order valence-corrected chi connectivity index (χ4v) is 2.11. The molecule has 1 unspecified atom stereocenters. The molecule has 4 nitrogen and oxygen atoms in total. The van der Waals surface area contributed by atoms with E-state index in [4.69, 9.17) is 4.74 Å². The first-order valence-electron chi connectivity index (χ1n) is 6.35. The first-order valence-corrected chi connectivity index (χ1v) is 6.35. The smallest absolute Gasteiger partial charge is 0.239 e. The third-order valence-electron chi connectivity index (χ3n) is 3.35. The molecule has 0 aromatic heterocycles. The van der Waals surface area contributed by atoms with Gasteiger partial charge in [-0.25, -0.2) is 4.39 Å². The zero-order valence-electron chi connectivity index (χ0n) is 11.5. The lowest BCUT2D eigenvalue weighted by atomic mass is 10.1. The molecule has 0 aliphatic carbocycles. The zero-order chi connectivity index (χ0) is 14.0.